The highest BCUT2D eigenvalue weighted by Crippen LogP contribution is 2.41. The molecule has 0 unspecified atom stereocenters. The molecular formula is C14H25N3O2. The van der Waals surface area contributed by atoms with Crippen molar-refractivity contribution in [2.75, 3.05) is 7.11 Å². The molecule has 5 nitrogen and oxygen atoms in total. The minimum absolute atomic E-state index is 0.210. The Bertz CT molecular complexity index is 409. The molecule has 2 N–H and O–H groups in total. The van der Waals surface area contributed by atoms with Crippen molar-refractivity contribution in [2.24, 2.45) is 17.6 Å². The third-order valence-electron chi connectivity index (χ3n) is 4.33. The maximum Gasteiger partial charge on any atom is 0.243 e. The first kappa shape index (κ1) is 14.5. The van der Waals surface area contributed by atoms with Gasteiger partial charge in [0, 0.05) is 7.11 Å². The van der Waals surface area contributed by atoms with Crippen LogP contribution in [0, 0.1) is 11.8 Å². The average molecular weight is 267 g/mol. The molecule has 1 aliphatic rings. The molecule has 1 aromatic heterocycles. The third kappa shape index (κ3) is 2.82. The fraction of sp³-hybridized carbons (Fsp3) is 0.857. The van der Waals surface area contributed by atoms with E-state index in [1.165, 1.54) is 0 Å². The molecule has 1 saturated carbocycles. The lowest BCUT2D eigenvalue weighted by atomic mass is 9.79. The van der Waals surface area contributed by atoms with Gasteiger partial charge in [-0.2, -0.15) is 4.98 Å². The molecule has 0 bridgehead atoms. The summed E-state index contributed by atoms with van der Waals surface area (Å²) in [4.78, 5) is 4.50. The molecular weight excluding hydrogens is 242 g/mol. The Morgan fingerprint density at radius 2 is 2.00 bits per heavy atom. The van der Waals surface area contributed by atoms with Gasteiger partial charge in [0.25, 0.3) is 0 Å². The highest BCUT2D eigenvalue weighted by Gasteiger charge is 2.40. The fourth-order valence-corrected chi connectivity index (χ4v) is 2.59. The van der Waals surface area contributed by atoms with Crippen molar-refractivity contribution in [3.63, 3.8) is 0 Å². The number of nitrogens with two attached hydrogens (primary N) is 1. The molecule has 0 aromatic carbocycles. The van der Waals surface area contributed by atoms with E-state index in [1.807, 2.05) is 13.8 Å². The lowest BCUT2D eigenvalue weighted by Gasteiger charge is -2.35. The van der Waals surface area contributed by atoms with Crippen LogP contribution in [-0.4, -0.2) is 17.3 Å². The van der Waals surface area contributed by atoms with Crippen LogP contribution in [0.4, 0.5) is 0 Å². The summed E-state index contributed by atoms with van der Waals surface area (Å²) < 4.78 is 11.1. The molecule has 1 fully saturated rings. The van der Waals surface area contributed by atoms with Crippen LogP contribution in [0.5, 0.6) is 0 Å². The van der Waals surface area contributed by atoms with E-state index in [0.29, 0.717) is 11.7 Å². The lowest BCUT2D eigenvalue weighted by Crippen LogP contribution is -2.34. The minimum atomic E-state index is -0.384. The largest absolute Gasteiger partial charge is 0.370 e. The van der Waals surface area contributed by atoms with Gasteiger partial charge in [-0.05, 0) is 37.5 Å². The fourth-order valence-electron chi connectivity index (χ4n) is 2.59. The molecule has 108 valence electrons. The van der Waals surface area contributed by atoms with E-state index in [4.69, 9.17) is 15.0 Å². The standard InChI is InChI=1S/C14H25N3O2/c1-9(2)11(15)12-16-13(17-19-12)14(18-4)7-5-10(3)6-8-14/h9-11H,5-8,15H2,1-4H3/t10?,11-,14?/m0/s1. The van der Waals surface area contributed by atoms with Gasteiger partial charge in [0.1, 0.15) is 5.60 Å². The van der Waals surface area contributed by atoms with Gasteiger partial charge in [0.2, 0.25) is 11.7 Å². The van der Waals surface area contributed by atoms with Crippen molar-refractivity contribution in [3.05, 3.63) is 11.7 Å². The van der Waals surface area contributed by atoms with Crippen LogP contribution in [0.25, 0.3) is 0 Å². The zero-order valence-corrected chi connectivity index (χ0v) is 12.3. The molecule has 1 atom stereocenters. The van der Waals surface area contributed by atoms with Gasteiger partial charge in [0.15, 0.2) is 0 Å². The molecule has 0 radical (unpaired) electrons. The van der Waals surface area contributed by atoms with E-state index in [0.717, 1.165) is 31.6 Å². The van der Waals surface area contributed by atoms with Crippen molar-refractivity contribution < 1.29 is 9.26 Å². The maximum atomic E-state index is 6.05. The van der Waals surface area contributed by atoms with Gasteiger partial charge in [0.05, 0.1) is 6.04 Å². The summed E-state index contributed by atoms with van der Waals surface area (Å²) in [5, 5.41) is 4.12. The van der Waals surface area contributed by atoms with Gasteiger partial charge in [-0.25, -0.2) is 0 Å². The highest BCUT2D eigenvalue weighted by molar-refractivity contribution is 5.05. The van der Waals surface area contributed by atoms with Crippen LogP contribution < -0.4 is 5.73 Å². The van der Waals surface area contributed by atoms with Gasteiger partial charge >= 0.3 is 0 Å². The Labute approximate surface area is 114 Å². The number of rotatable bonds is 4. The maximum absolute atomic E-state index is 6.05. The molecule has 1 aliphatic carbocycles. The predicted molar refractivity (Wildman–Crippen MR) is 72.4 cm³/mol. The zero-order chi connectivity index (χ0) is 14.0. The summed E-state index contributed by atoms with van der Waals surface area (Å²) >= 11 is 0. The molecule has 0 saturated heterocycles. The van der Waals surface area contributed by atoms with Crippen molar-refractivity contribution in [2.45, 2.75) is 58.1 Å². The number of ether oxygens (including phenoxy) is 1. The van der Waals surface area contributed by atoms with Crippen molar-refractivity contribution >= 4 is 0 Å². The monoisotopic (exact) mass is 267 g/mol. The molecule has 0 aliphatic heterocycles. The highest BCUT2D eigenvalue weighted by atomic mass is 16.5. The summed E-state index contributed by atoms with van der Waals surface area (Å²) in [5.41, 5.74) is 5.67. The van der Waals surface area contributed by atoms with E-state index in [9.17, 15) is 0 Å². The second kappa shape index (κ2) is 5.59. The molecule has 1 heterocycles. The average Bonchev–Trinajstić information content (AvgIpc) is 2.89. The molecule has 2 rings (SSSR count). The van der Waals surface area contributed by atoms with Crippen molar-refractivity contribution in [3.8, 4) is 0 Å². The van der Waals surface area contributed by atoms with Crippen LogP contribution >= 0.6 is 0 Å². The van der Waals surface area contributed by atoms with Gasteiger partial charge < -0.3 is 15.0 Å². The van der Waals surface area contributed by atoms with E-state index >= 15 is 0 Å². The first-order chi connectivity index (χ1) is 8.98. The zero-order valence-electron chi connectivity index (χ0n) is 12.3. The number of hydrogen-bond donors (Lipinski definition) is 1. The normalized spacial score (nSPS) is 29.7. The smallest absolute Gasteiger partial charge is 0.243 e. The second-order valence-corrected chi connectivity index (χ2v) is 6.11. The summed E-state index contributed by atoms with van der Waals surface area (Å²) in [7, 11) is 1.73. The molecule has 19 heavy (non-hydrogen) atoms. The van der Waals surface area contributed by atoms with Crippen LogP contribution in [0.2, 0.25) is 0 Å². The van der Waals surface area contributed by atoms with Crippen molar-refractivity contribution in [1.29, 1.82) is 0 Å². The van der Waals surface area contributed by atoms with Crippen molar-refractivity contribution in [1.82, 2.24) is 10.1 Å². The molecule has 5 heteroatoms. The molecule has 0 amide bonds. The number of nitrogens with zero attached hydrogens (tertiary/aromatic N) is 2. The Balaban J connectivity index is 2.20. The number of methoxy groups -OCH3 is 1. The van der Waals surface area contributed by atoms with E-state index in [-0.39, 0.29) is 17.6 Å². The Morgan fingerprint density at radius 3 is 2.53 bits per heavy atom. The quantitative estimate of drug-likeness (QED) is 0.908. The Kier molecular flexibility index (Phi) is 4.26. The third-order valence-corrected chi connectivity index (χ3v) is 4.33. The SMILES string of the molecule is COC1(c2noc([C@@H](N)C(C)C)n2)CCC(C)CC1. The first-order valence-corrected chi connectivity index (χ1v) is 7.13. The Hall–Kier alpha value is -0.940. The number of hydrogen-bond acceptors (Lipinski definition) is 5. The lowest BCUT2D eigenvalue weighted by molar-refractivity contribution is -0.0609. The molecule has 0 spiro atoms. The van der Waals surface area contributed by atoms with E-state index in [2.05, 4.69) is 17.1 Å². The summed E-state index contributed by atoms with van der Waals surface area (Å²) in [6, 6.07) is -0.210. The van der Waals surface area contributed by atoms with Gasteiger partial charge in [-0.1, -0.05) is 25.9 Å². The van der Waals surface area contributed by atoms with Crippen LogP contribution in [0.1, 0.15) is 64.2 Å². The van der Waals surface area contributed by atoms with Crippen LogP contribution in [0.3, 0.4) is 0 Å². The van der Waals surface area contributed by atoms with Gasteiger partial charge in [-0.15, -0.1) is 0 Å². The molecule has 1 aromatic rings. The predicted octanol–water partition coefficient (Wildman–Crippen LogP) is 2.78. The summed E-state index contributed by atoms with van der Waals surface area (Å²) in [5.74, 6) is 2.19. The second-order valence-electron chi connectivity index (χ2n) is 6.11. The van der Waals surface area contributed by atoms with E-state index in [1.54, 1.807) is 7.11 Å². The topological polar surface area (TPSA) is 74.2 Å². The van der Waals surface area contributed by atoms with Crippen LogP contribution in [-0.2, 0) is 10.3 Å². The Morgan fingerprint density at radius 1 is 1.37 bits per heavy atom. The van der Waals surface area contributed by atoms with Gasteiger partial charge in [-0.3, -0.25) is 0 Å². The van der Waals surface area contributed by atoms with E-state index < -0.39 is 0 Å². The van der Waals surface area contributed by atoms with Crippen LogP contribution in [0.15, 0.2) is 4.52 Å². The first-order valence-electron chi connectivity index (χ1n) is 7.13. The minimum Gasteiger partial charge on any atom is -0.370 e. The number of aromatic nitrogens is 2. The summed E-state index contributed by atoms with van der Waals surface area (Å²) in [6.07, 6.45) is 4.16. The summed E-state index contributed by atoms with van der Waals surface area (Å²) in [6.45, 7) is 6.36.